The number of fused-ring (bicyclic) bond motifs is 1. The fourth-order valence-corrected chi connectivity index (χ4v) is 7.32. The molecule has 5 rings (SSSR count). The van der Waals surface area contributed by atoms with Crippen molar-refractivity contribution in [3.8, 4) is 0 Å². The maximum absolute atomic E-state index is 13.4. The first-order valence-electron chi connectivity index (χ1n) is 12.3. The van der Waals surface area contributed by atoms with Gasteiger partial charge >= 0.3 is 0 Å². The highest BCUT2D eigenvalue weighted by Gasteiger charge is 2.31. The van der Waals surface area contributed by atoms with Gasteiger partial charge in [-0.15, -0.1) is 11.3 Å². The third-order valence-corrected chi connectivity index (χ3v) is 9.91. The Hall–Kier alpha value is -3.21. The van der Waals surface area contributed by atoms with Gasteiger partial charge in [0.15, 0.2) is 0 Å². The number of sulfonamides is 1. The summed E-state index contributed by atoms with van der Waals surface area (Å²) in [6.45, 7) is 3.09. The smallest absolute Gasteiger partial charge is 0.264 e. The zero-order valence-corrected chi connectivity index (χ0v) is 22.6. The molecule has 10 heteroatoms. The number of amides is 2. The second kappa shape index (κ2) is 10.3. The van der Waals surface area contributed by atoms with E-state index in [-0.39, 0.29) is 16.7 Å². The lowest BCUT2D eigenvalue weighted by atomic mass is 10.0. The van der Waals surface area contributed by atoms with Crippen molar-refractivity contribution in [2.75, 3.05) is 43.4 Å². The van der Waals surface area contributed by atoms with Crippen molar-refractivity contribution in [3.05, 3.63) is 76.2 Å². The van der Waals surface area contributed by atoms with Crippen molar-refractivity contribution in [1.29, 1.82) is 0 Å². The van der Waals surface area contributed by atoms with Gasteiger partial charge in [-0.1, -0.05) is 18.2 Å². The van der Waals surface area contributed by atoms with Crippen LogP contribution in [0.3, 0.4) is 0 Å². The monoisotopic (exact) mass is 538 g/mol. The van der Waals surface area contributed by atoms with Gasteiger partial charge < -0.3 is 15.1 Å². The average Bonchev–Trinajstić information content (AvgIpc) is 3.56. The standard InChI is InChI=1S/C27H30N4O4S2/c1-29-17-14-22-23(18-29)36-26(24(22)27(33)31-15-6-7-16-31)28-25(32)19-10-12-21(13-11-19)37(34,35)30(2)20-8-4-3-5-9-20/h3-5,8-13H,6-7,14-18H2,1-2H3,(H,28,32). The van der Waals surface area contributed by atoms with Gasteiger partial charge in [-0.25, -0.2) is 8.42 Å². The van der Waals surface area contributed by atoms with Gasteiger partial charge in [-0.2, -0.15) is 0 Å². The van der Waals surface area contributed by atoms with E-state index in [9.17, 15) is 18.0 Å². The van der Waals surface area contributed by atoms with E-state index in [0.717, 1.165) is 55.9 Å². The van der Waals surface area contributed by atoms with Crippen LogP contribution in [0, 0.1) is 0 Å². The van der Waals surface area contributed by atoms with Crippen LogP contribution in [0.2, 0.25) is 0 Å². The maximum Gasteiger partial charge on any atom is 0.264 e. The van der Waals surface area contributed by atoms with E-state index in [1.807, 2.05) is 18.0 Å². The fraction of sp³-hybridized carbons (Fsp3) is 0.333. The molecule has 0 saturated carbocycles. The molecule has 0 aliphatic carbocycles. The van der Waals surface area contributed by atoms with Crippen LogP contribution in [0.15, 0.2) is 59.5 Å². The van der Waals surface area contributed by atoms with Gasteiger partial charge in [0.25, 0.3) is 21.8 Å². The molecule has 194 valence electrons. The summed E-state index contributed by atoms with van der Waals surface area (Å²) in [5.41, 5.74) is 2.53. The van der Waals surface area contributed by atoms with Crippen molar-refractivity contribution in [2.45, 2.75) is 30.7 Å². The molecule has 2 aliphatic rings. The lowest BCUT2D eigenvalue weighted by molar-refractivity contribution is 0.0792. The number of rotatable bonds is 6. The van der Waals surface area contributed by atoms with Crippen LogP contribution in [-0.4, -0.2) is 63.8 Å². The minimum absolute atomic E-state index is 0.0137. The maximum atomic E-state index is 13.4. The van der Waals surface area contributed by atoms with Crippen LogP contribution in [0.1, 0.15) is 44.0 Å². The van der Waals surface area contributed by atoms with Crippen LogP contribution >= 0.6 is 11.3 Å². The molecule has 1 saturated heterocycles. The van der Waals surface area contributed by atoms with E-state index in [1.54, 1.807) is 24.3 Å². The summed E-state index contributed by atoms with van der Waals surface area (Å²) in [5, 5.41) is 3.54. The van der Waals surface area contributed by atoms with Crippen LogP contribution in [0.4, 0.5) is 10.7 Å². The lowest BCUT2D eigenvalue weighted by Gasteiger charge is -2.23. The highest BCUT2D eigenvalue weighted by Crippen LogP contribution is 2.38. The van der Waals surface area contributed by atoms with E-state index in [0.29, 0.717) is 21.8 Å². The SMILES string of the molecule is CN1CCc2c(sc(NC(=O)c3ccc(S(=O)(=O)N(C)c4ccccc4)cc3)c2C(=O)N2CCCC2)C1. The second-order valence-electron chi connectivity index (χ2n) is 9.48. The molecule has 8 nitrogen and oxygen atoms in total. The minimum Gasteiger partial charge on any atom is -0.339 e. The average molecular weight is 539 g/mol. The Bertz CT molecular complexity index is 1410. The number of likely N-dealkylation sites (tertiary alicyclic amines) is 1. The predicted molar refractivity (Wildman–Crippen MR) is 146 cm³/mol. The van der Waals surface area contributed by atoms with Gasteiger partial charge in [0.1, 0.15) is 5.00 Å². The molecule has 0 spiro atoms. The molecule has 0 unspecified atom stereocenters. The van der Waals surface area contributed by atoms with E-state index >= 15 is 0 Å². The van der Waals surface area contributed by atoms with E-state index in [1.165, 1.54) is 47.0 Å². The molecule has 37 heavy (non-hydrogen) atoms. The summed E-state index contributed by atoms with van der Waals surface area (Å²) >= 11 is 1.46. The summed E-state index contributed by atoms with van der Waals surface area (Å²) in [6.07, 6.45) is 2.77. The molecular formula is C27H30N4O4S2. The second-order valence-corrected chi connectivity index (χ2v) is 12.6. The summed E-state index contributed by atoms with van der Waals surface area (Å²) in [6, 6.07) is 14.7. The summed E-state index contributed by atoms with van der Waals surface area (Å²) in [5.74, 6) is -0.386. The number of nitrogens with one attached hydrogen (secondary N) is 1. The van der Waals surface area contributed by atoms with Crippen molar-refractivity contribution in [3.63, 3.8) is 0 Å². The first kappa shape index (κ1) is 25.4. The van der Waals surface area contributed by atoms with Crippen molar-refractivity contribution in [1.82, 2.24) is 9.80 Å². The number of hydrogen-bond acceptors (Lipinski definition) is 6. The molecule has 2 aliphatic heterocycles. The van der Waals surface area contributed by atoms with E-state index in [2.05, 4.69) is 10.2 Å². The van der Waals surface area contributed by atoms with Crippen molar-refractivity contribution < 1.29 is 18.0 Å². The number of benzene rings is 2. The van der Waals surface area contributed by atoms with Gasteiger partial charge in [0.05, 0.1) is 16.1 Å². The Morgan fingerprint density at radius 1 is 0.973 bits per heavy atom. The molecule has 2 aromatic carbocycles. The Kier molecular flexibility index (Phi) is 7.06. The number of para-hydroxylation sites is 1. The number of thiophene rings is 1. The van der Waals surface area contributed by atoms with Gasteiger partial charge in [-0.3, -0.25) is 13.9 Å². The molecule has 3 heterocycles. The van der Waals surface area contributed by atoms with E-state index < -0.39 is 10.0 Å². The van der Waals surface area contributed by atoms with Gasteiger partial charge in [0.2, 0.25) is 0 Å². The summed E-state index contributed by atoms with van der Waals surface area (Å²) < 4.78 is 27.4. The number of nitrogens with zero attached hydrogens (tertiary/aromatic N) is 3. The fourth-order valence-electron chi connectivity index (χ4n) is 4.81. The zero-order valence-electron chi connectivity index (χ0n) is 20.9. The molecule has 2 amide bonds. The molecule has 0 bridgehead atoms. The summed E-state index contributed by atoms with van der Waals surface area (Å²) in [4.78, 5) is 31.9. The summed E-state index contributed by atoms with van der Waals surface area (Å²) in [7, 11) is -0.230. The minimum atomic E-state index is -3.78. The molecule has 3 aromatic rings. The quantitative estimate of drug-likeness (QED) is 0.512. The van der Waals surface area contributed by atoms with Gasteiger partial charge in [0, 0.05) is 43.7 Å². The van der Waals surface area contributed by atoms with Crippen LogP contribution in [0.25, 0.3) is 0 Å². The topological polar surface area (TPSA) is 90.0 Å². The van der Waals surface area contributed by atoms with Crippen LogP contribution < -0.4 is 9.62 Å². The Morgan fingerprint density at radius 3 is 2.32 bits per heavy atom. The van der Waals surface area contributed by atoms with Gasteiger partial charge in [-0.05, 0) is 68.3 Å². The normalized spacial score (nSPS) is 15.9. The molecule has 0 radical (unpaired) electrons. The van der Waals surface area contributed by atoms with E-state index in [4.69, 9.17) is 0 Å². The number of anilines is 2. The van der Waals surface area contributed by atoms with Crippen molar-refractivity contribution >= 4 is 43.9 Å². The van der Waals surface area contributed by atoms with Crippen LogP contribution in [-0.2, 0) is 23.0 Å². The van der Waals surface area contributed by atoms with Crippen molar-refractivity contribution in [2.24, 2.45) is 0 Å². The Labute approximate surface area is 221 Å². The zero-order chi connectivity index (χ0) is 26.2. The molecule has 1 aromatic heterocycles. The highest BCUT2D eigenvalue weighted by molar-refractivity contribution is 7.92. The lowest BCUT2D eigenvalue weighted by Crippen LogP contribution is -2.31. The molecule has 1 N–H and O–H groups in total. The molecular weight excluding hydrogens is 508 g/mol. The first-order valence-corrected chi connectivity index (χ1v) is 14.6. The number of carbonyl (C=O) groups is 2. The largest absolute Gasteiger partial charge is 0.339 e. The number of carbonyl (C=O) groups excluding carboxylic acids is 2. The first-order chi connectivity index (χ1) is 17.8. The number of likely N-dealkylation sites (N-methyl/N-ethyl adjacent to an activating group) is 1. The third-order valence-electron chi connectivity index (χ3n) is 6.98. The third kappa shape index (κ3) is 5.01. The Balaban J connectivity index is 1.39. The number of hydrogen-bond donors (Lipinski definition) is 1. The van der Waals surface area contributed by atoms with Crippen LogP contribution in [0.5, 0.6) is 0 Å². The molecule has 1 fully saturated rings. The predicted octanol–water partition coefficient (Wildman–Crippen LogP) is 4.05. The molecule has 0 atom stereocenters. The Morgan fingerprint density at radius 2 is 1.65 bits per heavy atom. The highest BCUT2D eigenvalue weighted by atomic mass is 32.2.